The van der Waals surface area contributed by atoms with Crippen molar-refractivity contribution >= 4 is 11.8 Å². The van der Waals surface area contributed by atoms with Gasteiger partial charge in [0, 0.05) is 25.5 Å². The van der Waals surface area contributed by atoms with Gasteiger partial charge in [-0.3, -0.25) is 14.6 Å². The van der Waals surface area contributed by atoms with Gasteiger partial charge in [-0.05, 0) is 54.5 Å². The van der Waals surface area contributed by atoms with E-state index in [0.29, 0.717) is 38.8 Å². The van der Waals surface area contributed by atoms with Gasteiger partial charge < -0.3 is 10.6 Å². The maximum Gasteiger partial charge on any atom is 0.226 e. The summed E-state index contributed by atoms with van der Waals surface area (Å²) in [4.78, 5) is 31.4. The molecule has 3 aromatic rings. The Labute approximate surface area is 189 Å². The Bertz CT molecular complexity index is 1100. The van der Waals surface area contributed by atoms with E-state index < -0.39 is 5.41 Å². The first-order chi connectivity index (χ1) is 15.4. The first-order valence-electron chi connectivity index (χ1n) is 11.1. The number of piperidine rings is 1. The fourth-order valence-corrected chi connectivity index (χ4v) is 4.59. The van der Waals surface area contributed by atoms with E-state index in [1.54, 1.807) is 6.20 Å². The Hall–Kier alpha value is -3.47. The van der Waals surface area contributed by atoms with E-state index in [4.69, 9.17) is 5.73 Å². The first-order valence-corrected chi connectivity index (χ1v) is 11.1. The number of carbonyl (C=O) groups excluding carboxylic acids is 2. The minimum atomic E-state index is -0.631. The quantitative estimate of drug-likeness (QED) is 0.647. The molecular formula is C27H29N3O2. The summed E-state index contributed by atoms with van der Waals surface area (Å²) in [5.74, 6) is -0.178. The standard InChI is InChI=1S/C27H29N3O2/c1-20-5-2-6-21(15-20)17-25(31)30-13-10-27(11-14-30,26(28)32)18-22-7-3-8-23(16-22)24-9-4-12-29-19-24/h2-9,12,15-16,19H,10-11,13-14,17-18H2,1H3,(H2,28,32). The molecule has 0 aliphatic carbocycles. The van der Waals surface area contributed by atoms with Crippen molar-refractivity contribution in [3.05, 3.63) is 89.7 Å². The number of hydrogen-bond acceptors (Lipinski definition) is 3. The van der Waals surface area contributed by atoms with Crippen molar-refractivity contribution in [3.8, 4) is 11.1 Å². The fourth-order valence-electron chi connectivity index (χ4n) is 4.59. The summed E-state index contributed by atoms with van der Waals surface area (Å²) in [6.45, 7) is 3.13. The molecule has 4 rings (SSSR count). The Kier molecular flexibility index (Phi) is 6.35. The molecule has 2 heterocycles. The van der Waals surface area contributed by atoms with Crippen LogP contribution in [-0.2, 0) is 22.4 Å². The van der Waals surface area contributed by atoms with E-state index >= 15 is 0 Å². The normalized spacial score (nSPS) is 15.3. The molecule has 5 heteroatoms. The lowest BCUT2D eigenvalue weighted by atomic mass is 9.73. The molecule has 2 aromatic carbocycles. The van der Waals surface area contributed by atoms with Crippen LogP contribution in [0.1, 0.15) is 29.5 Å². The number of likely N-dealkylation sites (tertiary alicyclic amines) is 1. The molecule has 164 valence electrons. The molecule has 0 saturated carbocycles. The molecule has 1 fully saturated rings. The van der Waals surface area contributed by atoms with Crippen LogP contribution in [0.25, 0.3) is 11.1 Å². The number of hydrogen-bond donors (Lipinski definition) is 1. The number of nitrogens with two attached hydrogens (primary N) is 1. The molecular weight excluding hydrogens is 398 g/mol. The number of primary amides is 1. The third-order valence-corrected chi connectivity index (χ3v) is 6.50. The summed E-state index contributed by atoms with van der Waals surface area (Å²) >= 11 is 0. The predicted octanol–water partition coefficient (Wildman–Crippen LogP) is 3.94. The monoisotopic (exact) mass is 427 g/mol. The largest absolute Gasteiger partial charge is 0.369 e. The van der Waals surface area contributed by atoms with Crippen molar-refractivity contribution < 1.29 is 9.59 Å². The number of aryl methyl sites for hydroxylation is 1. The van der Waals surface area contributed by atoms with Gasteiger partial charge in [-0.25, -0.2) is 0 Å². The van der Waals surface area contributed by atoms with E-state index in [-0.39, 0.29) is 11.8 Å². The molecule has 1 saturated heterocycles. The smallest absolute Gasteiger partial charge is 0.226 e. The van der Waals surface area contributed by atoms with Gasteiger partial charge in [-0.2, -0.15) is 0 Å². The van der Waals surface area contributed by atoms with Gasteiger partial charge in [-0.15, -0.1) is 0 Å². The molecule has 1 aliphatic rings. The molecule has 0 atom stereocenters. The Morgan fingerprint density at radius 2 is 1.69 bits per heavy atom. The summed E-state index contributed by atoms with van der Waals surface area (Å²) in [5, 5.41) is 0. The number of amides is 2. The van der Waals surface area contributed by atoms with E-state index in [1.165, 1.54) is 0 Å². The highest BCUT2D eigenvalue weighted by Gasteiger charge is 2.40. The van der Waals surface area contributed by atoms with Crippen molar-refractivity contribution in [2.24, 2.45) is 11.1 Å². The second-order valence-corrected chi connectivity index (χ2v) is 8.81. The van der Waals surface area contributed by atoms with Crippen molar-refractivity contribution in [1.29, 1.82) is 0 Å². The predicted molar refractivity (Wildman–Crippen MR) is 126 cm³/mol. The lowest BCUT2D eigenvalue weighted by Crippen LogP contribution is -2.50. The number of nitrogens with zero attached hydrogens (tertiary/aromatic N) is 2. The summed E-state index contributed by atoms with van der Waals surface area (Å²) in [7, 11) is 0. The van der Waals surface area contributed by atoms with Crippen molar-refractivity contribution in [2.75, 3.05) is 13.1 Å². The Morgan fingerprint density at radius 1 is 0.969 bits per heavy atom. The van der Waals surface area contributed by atoms with Crippen LogP contribution in [0.3, 0.4) is 0 Å². The van der Waals surface area contributed by atoms with Crippen LogP contribution in [0.2, 0.25) is 0 Å². The second kappa shape index (κ2) is 9.35. The van der Waals surface area contributed by atoms with Gasteiger partial charge in [0.1, 0.15) is 0 Å². The van der Waals surface area contributed by atoms with Crippen molar-refractivity contribution in [3.63, 3.8) is 0 Å². The lowest BCUT2D eigenvalue weighted by Gasteiger charge is -2.40. The zero-order valence-corrected chi connectivity index (χ0v) is 18.5. The summed E-state index contributed by atoms with van der Waals surface area (Å²) in [6, 6.07) is 20.2. The van der Waals surface area contributed by atoms with Gasteiger partial charge >= 0.3 is 0 Å². The molecule has 5 nitrogen and oxygen atoms in total. The van der Waals surface area contributed by atoms with Crippen LogP contribution in [0.15, 0.2) is 73.1 Å². The maximum absolute atomic E-state index is 12.8. The zero-order chi connectivity index (χ0) is 22.6. The van der Waals surface area contributed by atoms with Gasteiger partial charge in [0.2, 0.25) is 11.8 Å². The van der Waals surface area contributed by atoms with Gasteiger partial charge in [0.15, 0.2) is 0 Å². The van der Waals surface area contributed by atoms with Crippen LogP contribution >= 0.6 is 0 Å². The van der Waals surface area contributed by atoms with E-state index in [2.05, 4.69) is 11.1 Å². The number of pyridine rings is 1. The third-order valence-electron chi connectivity index (χ3n) is 6.50. The minimum Gasteiger partial charge on any atom is -0.369 e. The van der Waals surface area contributed by atoms with Gasteiger partial charge in [-0.1, -0.05) is 60.2 Å². The Balaban J connectivity index is 1.45. The average molecular weight is 428 g/mol. The maximum atomic E-state index is 12.8. The van der Waals surface area contributed by atoms with Gasteiger partial charge in [0.05, 0.1) is 11.8 Å². The molecule has 0 bridgehead atoms. The molecule has 2 amide bonds. The SMILES string of the molecule is Cc1cccc(CC(=O)N2CCC(Cc3cccc(-c4cccnc4)c3)(C(N)=O)CC2)c1. The Morgan fingerprint density at radius 3 is 2.38 bits per heavy atom. The molecule has 1 aromatic heterocycles. The summed E-state index contributed by atoms with van der Waals surface area (Å²) < 4.78 is 0. The van der Waals surface area contributed by atoms with E-state index in [0.717, 1.165) is 27.8 Å². The molecule has 0 unspecified atom stereocenters. The van der Waals surface area contributed by atoms with Crippen LogP contribution in [0.4, 0.5) is 0 Å². The van der Waals surface area contributed by atoms with E-state index in [9.17, 15) is 9.59 Å². The highest BCUT2D eigenvalue weighted by atomic mass is 16.2. The van der Waals surface area contributed by atoms with Crippen LogP contribution in [0, 0.1) is 12.3 Å². The van der Waals surface area contributed by atoms with Crippen LogP contribution < -0.4 is 5.73 Å². The van der Waals surface area contributed by atoms with Crippen LogP contribution in [0.5, 0.6) is 0 Å². The molecule has 2 N–H and O–H groups in total. The first kappa shape index (κ1) is 21.8. The highest BCUT2D eigenvalue weighted by Crippen LogP contribution is 2.36. The number of aromatic nitrogens is 1. The van der Waals surface area contributed by atoms with E-state index in [1.807, 2.05) is 72.6 Å². The van der Waals surface area contributed by atoms with Gasteiger partial charge in [0.25, 0.3) is 0 Å². The van der Waals surface area contributed by atoms with Crippen LogP contribution in [-0.4, -0.2) is 34.8 Å². The highest BCUT2D eigenvalue weighted by molar-refractivity contribution is 5.83. The average Bonchev–Trinajstić information content (AvgIpc) is 2.80. The molecule has 32 heavy (non-hydrogen) atoms. The summed E-state index contributed by atoms with van der Waals surface area (Å²) in [5.41, 5.74) is 10.6. The topological polar surface area (TPSA) is 76.3 Å². The number of benzene rings is 2. The van der Waals surface area contributed by atoms with Crippen molar-refractivity contribution in [2.45, 2.75) is 32.6 Å². The third kappa shape index (κ3) is 4.88. The zero-order valence-electron chi connectivity index (χ0n) is 18.5. The second-order valence-electron chi connectivity index (χ2n) is 8.81. The fraction of sp³-hybridized carbons (Fsp3) is 0.296. The number of rotatable bonds is 6. The minimum absolute atomic E-state index is 0.104. The lowest BCUT2D eigenvalue weighted by molar-refractivity contribution is -0.138. The molecule has 0 radical (unpaired) electrons. The summed E-state index contributed by atoms with van der Waals surface area (Å²) in [6.07, 6.45) is 5.72. The molecule has 1 aliphatic heterocycles. The molecule has 0 spiro atoms. The van der Waals surface area contributed by atoms with Crippen molar-refractivity contribution in [1.82, 2.24) is 9.88 Å². The number of carbonyl (C=O) groups is 2.